The van der Waals surface area contributed by atoms with Crippen molar-refractivity contribution in [3.63, 3.8) is 0 Å². The van der Waals surface area contributed by atoms with Crippen LogP contribution in [0.3, 0.4) is 0 Å². The Morgan fingerprint density at radius 3 is 2.00 bits per heavy atom. The molecule has 1 aromatic carbocycles. The van der Waals surface area contributed by atoms with Crippen LogP contribution in [-0.2, 0) is 12.7 Å². The summed E-state index contributed by atoms with van der Waals surface area (Å²) < 4.78 is 24.6. The first kappa shape index (κ1) is 12.8. The first-order chi connectivity index (χ1) is 7.02. The summed E-state index contributed by atoms with van der Waals surface area (Å²) in [6.45, 7) is 3.57. The van der Waals surface area contributed by atoms with E-state index in [0.717, 1.165) is 11.1 Å². The van der Waals surface area contributed by atoms with E-state index in [2.05, 4.69) is 8.15 Å². The van der Waals surface area contributed by atoms with E-state index >= 15 is 0 Å². The van der Waals surface area contributed by atoms with Crippen LogP contribution in [0.1, 0.15) is 11.1 Å². The highest BCUT2D eigenvalue weighted by Crippen LogP contribution is 2.52. The third kappa shape index (κ3) is 3.10. The number of hydrogen-bond donors (Lipinski definition) is 0. The molecule has 0 spiro atoms. The molecule has 15 heavy (non-hydrogen) atoms. The van der Waals surface area contributed by atoms with E-state index in [1.807, 2.05) is 6.07 Å². The van der Waals surface area contributed by atoms with E-state index in [9.17, 15) is 4.57 Å². The average molecular weight is 271 g/mol. The highest BCUT2D eigenvalue weighted by Gasteiger charge is 2.30. The molecule has 0 amide bonds. The molecule has 0 N–H and O–H groups in total. The van der Waals surface area contributed by atoms with Crippen LogP contribution in [0.25, 0.3) is 0 Å². The predicted molar refractivity (Wildman–Crippen MR) is 58.0 cm³/mol. The van der Waals surface area contributed by atoms with E-state index in [1.54, 1.807) is 26.0 Å². The lowest BCUT2D eigenvalue weighted by molar-refractivity contribution is 0.317. The molecule has 1 rings (SSSR count). The van der Waals surface area contributed by atoms with Crippen LogP contribution in [0.15, 0.2) is 18.2 Å². The van der Waals surface area contributed by atoms with Gasteiger partial charge in [0.15, 0.2) is 0 Å². The van der Waals surface area contributed by atoms with Crippen LogP contribution >= 0.6 is 31.6 Å². The summed E-state index contributed by atoms with van der Waals surface area (Å²) in [4.78, 5) is 0. The Kier molecular flexibility index (Phi) is 4.44. The number of para-hydroxylation sites is 1. The van der Waals surface area contributed by atoms with Gasteiger partial charge in [0.1, 0.15) is 5.75 Å². The van der Waals surface area contributed by atoms with Crippen molar-refractivity contribution in [2.45, 2.75) is 13.8 Å². The van der Waals surface area contributed by atoms with E-state index in [4.69, 9.17) is 28.3 Å². The maximum absolute atomic E-state index is 11.5. The van der Waals surface area contributed by atoms with E-state index in [1.165, 1.54) is 0 Å². The number of hydrogen-bond acceptors (Lipinski definition) is 4. The molecule has 0 aliphatic heterocycles. The Balaban J connectivity index is 3.03. The lowest BCUT2D eigenvalue weighted by Gasteiger charge is -2.14. The molecule has 0 bridgehead atoms. The van der Waals surface area contributed by atoms with Crippen LogP contribution in [0.4, 0.5) is 0 Å². The summed E-state index contributed by atoms with van der Waals surface area (Å²) in [6.07, 6.45) is 0. The summed E-state index contributed by atoms with van der Waals surface area (Å²) in [5, 5.41) is 0. The highest BCUT2D eigenvalue weighted by atomic mass is 35.5. The number of aryl methyl sites for hydroxylation is 2. The molecule has 84 valence electrons. The molecule has 1 aromatic rings. The standard InChI is InChI=1S/C8H9Cl2O4P/c1-6-4-3-5-7(2)8(6)12-15(11,13-9)14-10/h3-5H,1-2H3. The molecular formula is C8H9Cl2O4P. The van der Waals surface area contributed by atoms with Gasteiger partial charge in [-0.1, -0.05) is 18.2 Å². The van der Waals surface area contributed by atoms with Crippen molar-refractivity contribution in [1.29, 1.82) is 0 Å². The van der Waals surface area contributed by atoms with E-state index in [0.29, 0.717) is 5.75 Å². The zero-order chi connectivity index (χ0) is 11.5. The summed E-state index contributed by atoms with van der Waals surface area (Å²) in [5.74, 6) is 0.377. The molecule has 0 saturated carbocycles. The smallest absolute Gasteiger partial charge is 0.402 e. The maximum atomic E-state index is 11.5. The second-order valence-corrected chi connectivity index (χ2v) is 5.08. The van der Waals surface area contributed by atoms with Gasteiger partial charge in [-0.15, -0.1) is 0 Å². The van der Waals surface area contributed by atoms with Crippen molar-refractivity contribution >= 4 is 31.6 Å². The van der Waals surface area contributed by atoms with Gasteiger partial charge in [-0.3, -0.25) is 0 Å². The molecule has 0 unspecified atom stereocenters. The van der Waals surface area contributed by atoms with Gasteiger partial charge in [-0.25, -0.2) is 4.57 Å². The number of benzene rings is 1. The van der Waals surface area contributed by atoms with E-state index in [-0.39, 0.29) is 0 Å². The molecule has 7 heteroatoms. The molecule has 0 fully saturated rings. The maximum Gasteiger partial charge on any atom is 0.563 e. The van der Waals surface area contributed by atoms with E-state index < -0.39 is 7.82 Å². The lowest BCUT2D eigenvalue weighted by Crippen LogP contribution is -1.96. The molecule has 0 aliphatic carbocycles. The second kappa shape index (κ2) is 5.19. The topological polar surface area (TPSA) is 44.8 Å². The first-order valence-electron chi connectivity index (χ1n) is 3.99. The minimum atomic E-state index is -3.93. The van der Waals surface area contributed by atoms with Gasteiger partial charge in [0, 0.05) is 0 Å². The summed E-state index contributed by atoms with van der Waals surface area (Å²) in [5.41, 5.74) is 1.55. The van der Waals surface area contributed by atoms with Crippen molar-refractivity contribution in [2.24, 2.45) is 0 Å². The van der Waals surface area contributed by atoms with Gasteiger partial charge in [-0.2, -0.15) is 8.15 Å². The Morgan fingerprint density at radius 2 is 1.60 bits per heavy atom. The van der Waals surface area contributed by atoms with Gasteiger partial charge in [-0.05, 0) is 25.0 Å². The van der Waals surface area contributed by atoms with Gasteiger partial charge >= 0.3 is 7.82 Å². The molecule has 4 nitrogen and oxygen atoms in total. The third-order valence-corrected chi connectivity index (χ3v) is 3.54. The molecular weight excluding hydrogens is 262 g/mol. The quantitative estimate of drug-likeness (QED) is 0.772. The van der Waals surface area contributed by atoms with Crippen molar-refractivity contribution in [3.05, 3.63) is 29.3 Å². The lowest BCUT2D eigenvalue weighted by atomic mass is 10.1. The Bertz CT molecular complexity index is 368. The minimum absolute atomic E-state index is 0.377. The molecule has 0 saturated heterocycles. The van der Waals surface area contributed by atoms with Crippen molar-refractivity contribution in [2.75, 3.05) is 0 Å². The van der Waals surface area contributed by atoms with Gasteiger partial charge < -0.3 is 4.52 Å². The Morgan fingerprint density at radius 1 is 1.13 bits per heavy atom. The molecule has 0 radical (unpaired) electrons. The number of rotatable bonds is 4. The van der Waals surface area contributed by atoms with Crippen LogP contribution in [0.2, 0.25) is 0 Å². The largest absolute Gasteiger partial charge is 0.563 e. The van der Waals surface area contributed by atoms with Crippen LogP contribution in [0, 0.1) is 13.8 Å². The molecule has 0 aromatic heterocycles. The Labute approximate surface area is 98.0 Å². The van der Waals surface area contributed by atoms with Crippen LogP contribution in [-0.4, -0.2) is 0 Å². The van der Waals surface area contributed by atoms with Crippen LogP contribution in [0.5, 0.6) is 5.75 Å². The summed E-state index contributed by atoms with van der Waals surface area (Å²) >= 11 is 9.93. The van der Waals surface area contributed by atoms with Crippen molar-refractivity contribution in [3.8, 4) is 5.75 Å². The molecule has 0 aliphatic rings. The fourth-order valence-corrected chi connectivity index (χ4v) is 2.11. The zero-order valence-electron chi connectivity index (χ0n) is 8.07. The summed E-state index contributed by atoms with van der Waals surface area (Å²) in [7, 11) is -3.93. The first-order valence-corrected chi connectivity index (χ1v) is 6.06. The Hall–Kier alpha value is -0.250. The van der Waals surface area contributed by atoms with Gasteiger partial charge in [0.25, 0.3) is 0 Å². The van der Waals surface area contributed by atoms with Crippen LogP contribution < -0.4 is 4.52 Å². The minimum Gasteiger partial charge on any atom is -0.402 e. The molecule has 0 atom stereocenters. The molecule has 0 heterocycles. The third-order valence-electron chi connectivity index (χ3n) is 1.78. The second-order valence-electron chi connectivity index (χ2n) is 2.90. The van der Waals surface area contributed by atoms with Crippen molar-refractivity contribution < 1.29 is 17.2 Å². The van der Waals surface area contributed by atoms with Gasteiger partial charge in [0.2, 0.25) is 0 Å². The zero-order valence-corrected chi connectivity index (χ0v) is 10.5. The normalized spacial score (nSPS) is 11.5. The SMILES string of the molecule is Cc1cccc(C)c1OP(=O)(OCl)OCl. The monoisotopic (exact) mass is 270 g/mol. The van der Waals surface area contributed by atoms with Crippen molar-refractivity contribution in [1.82, 2.24) is 0 Å². The average Bonchev–Trinajstić information content (AvgIpc) is 2.23. The van der Waals surface area contributed by atoms with Gasteiger partial charge in [0.05, 0.1) is 23.7 Å². The number of phosphoric acid groups is 1. The predicted octanol–water partition coefficient (Wildman–Crippen LogP) is 4.13. The number of halogens is 2. The fraction of sp³-hybridized carbons (Fsp3) is 0.250. The summed E-state index contributed by atoms with van der Waals surface area (Å²) in [6, 6.07) is 5.41. The highest BCUT2D eigenvalue weighted by molar-refractivity contribution is 7.50. The fourth-order valence-electron chi connectivity index (χ4n) is 1.09.